The van der Waals surface area contributed by atoms with Crippen LogP contribution >= 0.6 is 11.3 Å². The van der Waals surface area contributed by atoms with Crippen LogP contribution in [0.2, 0.25) is 0 Å². The molecule has 128 valence electrons. The van der Waals surface area contributed by atoms with Crippen molar-refractivity contribution in [1.82, 2.24) is 15.2 Å². The molecule has 2 aromatic heterocycles. The number of aromatic nitrogens is 3. The molecule has 0 unspecified atom stereocenters. The summed E-state index contributed by atoms with van der Waals surface area (Å²) in [6, 6.07) is 3.62. The Bertz CT molecular complexity index is 681. The van der Waals surface area contributed by atoms with Gasteiger partial charge in [-0.15, -0.1) is 10.2 Å². The fraction of sp³-hybridized carbons (Fsp3) is 0.529. The predicted molar refractivity (Wildman–Crippen MR) is 96.8 cm³/mol. The van der Waals surface area contributed by atoms with Crippen LogP contribution in [0.5, 0.6) is 0 Å². The Labute approximate surface area is 146 Å². The molecular weight excluding hydrogens is 322 g/mol. The first-order chi connectivity index (χ1) is 11.8. The lowest BCUT2D eigenvalue weighted by atomic mass is 10.2. The second kappa shape index (κ2) is 8.19. The van der Waals surface area contributed by atoms with Gasteiger partial charge in [0.1, 0.15) is 10.8 Å². The lowest BCUT2D eigenvalue weighted by molar-refractivity contribution is 0.102. The number of rotatable bonds is 7. The second-order valence-electron chi connectivity index (χ2n) is 5.98. The van der Waals surface area contributed by atoms with Crippen LogP contribution in [0.4, 0.5) is 10.9 Å². The summed E-state index contributed by atoms with van der Waals surface area (Å²) in [6.45, 7) is 4.09. The van der Waals surface area contributed by atoms with Gasteiger partial charge in [-0.25, -0.2) is 4.98 Å². The quantitative estimate of drug-likeness (QED) is 0.778. The van der Waals surface area contributed by atoms with Crippen LogP contribution in [0.25, 0.3) is 0 Å². The molecule has 0 saturated carbocycles. The standard InChI is InChI=1S/C17H23N5OS/c1-2-3-4-9-14-20-21-17(24-14)19-16(23)13-8-7-10-18-15(13)22-11-5-6-12-22/h7-8,10H,2-6,9,11-12H2,1H3,(H,19,21,23). The molecule has 6 nitrogen and oxygen atoms in total. The van der Waals surface area contributed by atoms with E-state index >= 15 is 0 Å². The highest BCUT2D eigenvalue weighted by atomic mass is 32.1. The van der Waals surface area contributed by atoms with Crippen LogP contribution in [0.1, 0.15) is 54.4 Å². The van der Waals surface area contributed by atoms with Crippen LogP contribution in [0.15, 0.2) is 18.3 Å². The Morgan fingerprint density at radius 1 is 1.29 bits per heavy atom. The lowest BCUT2D eigenvalue weighted by Gasteiger charge is -2.18. The number of aryl methyl sites for hydroxylation is 1. The third kappa shape index (κ3) is 4.08. The van der Waals surface area contributed by atoms with Gasteiger partial charge < -0.3 is 4.90 Å². The number of nitrogens with zero attached hydrogens (tertiary/aromatic N) is 4. The van der Waals surface area contributed by atoms with Crippen LogP contribution in [0.3, 0.4) is 0 Å². The highest BCUT2D eigenvalue weighted by Gasteiger charge is 2.21. The molecule has 7 heteroatoms. The predicted octanol–water partition coefficient (Wildman–Crippen LogP) is 3.52. The highest BCUT2D eigenvalue weighted by Crippen LogP contribution is 2.24. The van der Waals surface area contributed by atoms with Gasteiger partial charge >= 0.3 is 0 Å². The number of nitrogens with one attached hydrogen (secondary N) is 1. The molecule has 0 bridgehead atoms. The molecule has 1 aliphatic heterocycles. The van der Waals surface area contributed by atoms with Crippen LogP contribution in [-0.4, -0.2) is 34.2 Å². The third-order valence-electron chi connectivity index (χ3n) is 4.12. The Balaban J connectivity index is 1.67. The summed E-state index contributed by atoms with van der Waals surface area (Å²) in [5.41, 5.74) is 0.599. The Kier molecular flexibility index (Phi) is 5.74. The number of hydrogen-bond acceptors (Lipinski definition) is 6. The normalized spacial score (nSPS) is 14.1. The largest absolute Gasteiger partial charge is 0.356 e. The van der Waals surface area contributed by atoms with E-state index in [4.69, 9.17) is 0 Å². The first-order valence-electron chi connectivity index (χ1n) is 8.61. The SMILES string of the molecule is CCCCCc1nnc(NC(=O)c2cccnc2N2CCCC2)s1. The molecule has 0 aliphatic carbocycles. The summed E-state index contributed by atoms with van der Waals surface area (Å²) in [6.07, 6.45) is 8.44. The highest BCUT2D eigenvalue weighted by molar-refractivity contribution is 7.15. The van der Waals surface area contributed by atoms with Gasteiger partial charge in [0.25, 0.3) is 5.91 Å². The van der Waals surface area contributed by atoms with Gasteiger partial charge in [0.15, 0.2) is 0 Å². The van der Waals surface area contributed by atoms with Crippen molar-refractivity contribution in [2.45, 2.75) is 45.4 Å². The van der Waals surface area contributed by atoms with E-state index in [1.807, 2.05) is 6.07 Å². The molecule has 0 spiro atoms. The molecule has 1 aliphatic rings. The molecule has 1 fully saturated rings. The summed E-state index contributed by atoms with van der Waals surface area (Å²) in [4.78, 5) is 19.2. The number of carbonyl (C=O) groups excluding carboxylic acids is 1. The van der Waals surface area contributed by atoms with Crippen LogP contribution in [0, 0.1) is 0 Å². The number of carbonyl (C=O) groups is 1. The molecule has 24 heavy (non-hydrogen) atoms. The molecule has 1 N–H and O–H groups in total. The fourth-order valence-electron chi connectivity index (χ4n) is 2.85. The maximum Gasteiger partial charge on any atom is 0.261 e. The van der Waals surface area contributed by atoms with Crippen molar-refractivity contribution >= 4 is 28.2 Å². The summed E-state index contributed by atoms with van der Waals surface area (Å²) in [5, 5.41) is 12.7. The third-order valence-corrected chi connectivity index (χ3v) is 5.02. The number of unbranched alkanes of at least 4 members (excludes halogenated alkanes) is 2. The van der Waals surface area contributed by atoms with Gasteiger partial charge in [-0.2, -0.15) is 0 Å². The minimum atomic E-state index is -0.166. The first-order valence-corrected chi connectivity index (χ1v) is 9.43. The lowest BCUT2D eigenvalue weighted by Crippen LogP contribution is -2.24. The second-order valence-corrected chi connectivity index (χ2v) is 7.04. The van der Waals surface area contributed by atoms with Crippen molar-refractivity contribution < 1.29 is 4.79 Å². The summed E-state index contributed by atoms with van der Waals surface area (Å²) in [5.74, 6) is 0.599. The van der Waals surface area contributed by atoms with Crippen LogP contribution in [-0.2, 0) is 6.42 Å². The van der Waals surface area contributed by atoms with Crippen molar-refractivity contribution in [2.24, 2.45) is 0 Å². The topological polar surface area (TPSA) is 71.0 Å². The van der Waals surface area contributed by atoms with Crippen molar-refractivity contribution in [2.75, 3.05) is 23.3 Å². The van der Waals surface area contributed by atoms with Gasteiger partial charge in [0.2, 0.25) is 5.13 Å². The van der Waals surface area contributed by atoms with E-state index in [0.29, 0.717) is 10.7 Å². The molecule has 3 rings (SSSR count). The number of hydrogen-bond donors (Lipinski definition) is 1. The fourth-order valence-corrected chi connectivity index (χ4v) is 3.63. The minimum absolute atomic E-state index is 0.166. The maximum atomic E-state index is 12.6. The van der Waals surface area contributed by atoms with Gasteiger partial charge in [0, 0.05) is 25.7 Å². The zero-order valence-electron chi connectivity index (χ0n) is 14.0. The zero-order valence-corrected chi connectivity index (χ0v) is 14.8. The number of pyridine rings is 1. The molecule has 1 amide bonds. The van der Waals surface area contributed by atoms with Crippen LogP contribution < -0.4 is 10.2 Å². The van der Waals surface area contributed by atoms with Crippen molar-refractivity contribution in [3.8, 4) is 0 Å². The number of anilines is 2. The Morgan fingerprint density at radius 2 is 2.12 bits per heavy atom. The van der Waals surface area contributed by atoms with Gasteiger partial charge in [-0.05, 0) is 31.4 Å². The summed E-state index contributed by atoms with van der Waals surface area (Å²) in [7, 11) is 0. The monoisotopic (exact) mass is 345 g/mol. The first kappa shape index (κ1) is 16.8. The molecule has 1 saturated heterocycles. The molecule has 3 heterocycles. The van der Waals surface area contributed by atoms with E-state index in [9.17, 15) is 4.79 Å². The average molecular weight is 345 g/mol. The maximum absolute atomic E-state index is 12.6. The van der Waals surface area contributed by atoms with Crippen molar-refractivity contribution in [3.05, 3.63) is 28.9 Å². The Hall–Kier alpha value is -2.02. The average Bonchev–Trinajstić information content (AvgIpc) is 3.27. The zero-order chi connectivity index (χ0) is 16.8. The van der Waals surface area contributed by atoms with E-state index in [0.717, 1.165) is 49.6 Å². The summed E-state index contributed by atoms with van der Waals surface area (Å²) >= 11 is 1.46. The number of amides is 1. The van der Waals surface area contributed by atoms with E-state index in [1.54, 1.807) is 12.3 Å². The van der Waals surface area contributed by atoms with Gasteiger partial charge in [0.05, 0.1) is 5.56 Å². The van der Waals surface area contributed by atoms with E-state index in [1.165, 1.54) is 24.2 Å². The molecule has 2 aromatic rings. The molecule has 0 radical (unpaired) electrons. The van der Waals surface area contributed by atoms with E-state index in [-0.39, 0.29) is 5.91 Å². The van der Waals surface area contributed by atoms with E-state index < -0.39 is 0 Å². The molecular formula is C17H23N5OS. The minimum Gasteiger partial charge on any atom is -0.356 e. The van der Waals surface area contributed by atoms with Gasteiger partial charge in [-0.1, -0.05) is 31.1 Å². The van der Waals surface area contributed by atoms with Gasteiger partial charge in [-0.3, -0.25) is 10.1 Å². The van der Waals surface area contributed by atoms with E-state index in [2.05, 4.69) is 32.3 Å². The molecule has 0 aromatic carbocycles. The van der Waals surface area contributed by atoms with Crippen molar-refractivity contribution in [3.63, 3.8) is 0 Å². The van der Waals surface area contributed by atoms with Crippen molar-refractivity contribution in [1.29, 1.82) is 0 Å². The smallest absolute Gasteiger partial charge is 0.261 e. The molecule has 0 atom stereocenters. The summed E-state index contributed by atoms with van der Waals surface area (Å²) < 4.78 is 0. The Morgan fingerprint density at radius 3 is 2.92 bits per heavy atom.